The number of carbonyl (C=O) groups is 2. The van der Waals surface area contributed by atoms with E-state index in [2.05, 4.69) is 28.4 Å². The number of nitriles is 1. The second-order valence-electron chi connectivity index (χ2n) is 11.3. The van der Waals surface area contributed by atoms with Gasteiger partial charge in [0, 0.05) is 44.2 Å². The number of rotatable bonds is 7. The molecule has 0 aromatic heterocycles. The maximum absolute atomic E-state index is 13.4. The summed E-state index contributed by atoms with van der Waals surface area (Å²) in [5, 5.41) is 12.6. The summed E-state index contributed by atoms with van der Waals surface area (Å²) in [4.78, 5) is 30.8. The molecule has 2 heterocycles. The summed E-state index contributed by atoms with van der Waals surface area (Å²) in [6.45, 7) is 8.37. The van der Waals surface area contributed by atoms with Gasteiger partial charge in [-0.05, 0) is 73.8 Å². The first-order valence-electron chi connectivity index (χ1n) is 13.8. The van der Waals surface area contributed by atoms with Gasteiger partial charge in [-0.1, -0.05) is 43.2 Å². The largest absolute Gasteiger partial charge is 0.349 e. The highest BCUT2D eigenvalue weighted by molar-refractivity contribution is 5.97. The van der Waals surface area contributed by atoms with E-state index in [0.29, 0.717) is 17.4 Å². The lowest BCUT2D eigenvalue weighted by molar-refractivity contribution is -0.125. The Kier molecular flexibility index (Phi) is 7.62. The van der Waals surface area contributed by atoms with Crippen LogP contribution >= 0.6 is 0 Å². The Morgan fingerprint density at radius 1 is 1.00 bits per heavy atom. The number of nitrogens with zero attached hydrogens (tertiary/aromatic N) is 3. The number of aryl methyl sites for hydroxylation is 2. The van der Waals surface area contributed by atoms with Crippen LogP contribution < -0.4 is 5.32 Å². The molecule has 2 aromatic carbocycles. The van der Waals surface area contributed by atoms with Gasteiger partial charge in [0.2, 0.25) is 5.91 Å². The van der Waals surface area contributed by atoms with Crippen LogP contribution in [0.2, 0.25) is 0 Å². The summed E-state index contributed by atoms with van der Waals surface area (Å²) < 4.78 is 0. The first-order chi connectivity index (χ1) is 17.9. The van der Waals surface area contributed by atoms with Crippen LogP contribution in [-0.2, 0) is 4.79 Å². The first-order valence-corrected chi connectivity index (χ1v) is 13.8. The lowest BCUT2D eigenvalue weighted by Crippen LogP contribution is -2.37. The van der Waals surface area contributed by atoms with E-state index in [1.807, 2.05) is 49.1 Å². The average Bonchev–Trinajstić information content (AvgIpc) is 3.63. The van der Waals surface area contributed by atoms with Crippen molar-refractivity contribution in [2.24, 2.45) is 17.8 Å². The van der Waals surface area contributed by atoms with Gasteiger partial charge < -0.3 is 15.1 Å². The third-order valence-electron chi connectivity index (χ3n) is 8.70. The molecule has 2 amide bonds. The smallest absolute Gasteiger partial charge is 0.254 e. The Morgan fingerprint density at radius 3 is 2.22 bits per heavy atom. The van der Waals surface area contributed by atoms with E-state index >= 15 is 0 Å². The molecular formula is C31H38N4O2. The first kappa shape index (κ1) is 25.5. The fourth-order valence-corrected chi connectivity index (χ4v) is 6.76. The van der Waals surface area contributed by atoms with Crippen LogP contribution in [0.4, 0.5) is 0 Å². The van der Waals surface area contributed by atoms with Gasteiger partial charge in [0.15, 0.2) is 0 Å². The highest BCUT2D eigenvalue weighted by Crippen LogP contribution is 2.34. The van der Waals surface area contributed by atoms with E-state index in [0.717, 1.165) is 81.5 Å². The Bertz CT molecular complexity index is 1140. The van der Waals surface area contributed by atoms with Crippen LogP contribution in [0.3, 0.4) is 0 Å². The van der Waals surface area contributed by atoms with E-state index in [-0.39, 0.29) is 23.8 Å². The molecule has 1 saturated carbocycles. The van der Waals surface area contributed by atoms with E-state index in [1.165, 1.54) is 5.56 Å². The molecule has 0 spiro atoms. The minimum absolute atomic E-state index is 0.0372. The van der Waals surface area contributed by atoms with E-state index < -0.39 is 0 Å². The van der Waals surface area contributed by atoms with Gasteiger partial charge in [0.25, 0.3) is 5.91 Å². The quantitative estimate of drug-likeness (QED) is 0.605. The van der Waals surface area contributed by atoms with Crippen molar-refractivity contribution in [3.05, 3.63) is 70.3 Å². The molecule has 2 unspecified atom stereocenters. The van der Waals surface area contributed by atoms with E-state index in [9.17, 15) is 14.9 Å². The highest BCUT2D eigenvalue weighted by atomic mass is 16.2. The molecule has 5 rings (SSSR count). The predicted molar refractivity (Wildman–Crippen MR) is 144 cm³/mol. The van der Waals surface area contributed by atoms with Gasteiger partial charge >= 0.3 is 0 Å². The Balaban J connectivity index is 1.17. The molecule has 0 radical (unpaired) electrons. The van der Waals surface area contributed by atoms with Gasteiger partial charge in [-0.3, -0.25) is 9.59 Å². The number of hydrogen-bond donors (Lipinski definition) is 1. The normalized spacial score (nSPS) is 22.6. The molecule has 3 atom stereocenters. The van der Waals surface area contributed by atoms with Crippen molar-refractivity contribution in [3.63, 3.8) is 0 Å². The summed E-state index contributed by atoms with van der Waals surface area (Å²) in [5.74, 6) is 1.47. The number of nitrogens with one attached hydrogen (secondary N) is 1. The molecule has 1 aliphatic carbocycles. The fraction of sp³-hybridized carbons (Fsp3) is 0.516. The van der Waals surface area contributed by atoms with Gasteiger partial charge in [0.1, 0.15) is 0 Å². The SMILES string of the molecule is Cc1cc(C#N)cc(C)c1C(=O)N1CC2CN(CC[C@H](NC(=O)C3CCCC3)c3ccccc3)CC2C1. The fourth-order valence-electron chi connectivity index (χ4n) is 6.76. The van der Waals surface area contributed by atoms with Crippen molar-refractivity contribution >= 4 is 11.8 Å². The molecule has 1 N–H and O–H groups in total. The second-order valence-corrected chi connectivity index (χ2v) is 11.3. The molecule has 37 heavy (non-hydrogen) atoms. The van der Waals surface area contributed by atoms with Crippen molar-refractivity contribution in [2.75, 3.05) is 32.7 Å². The second kappa shape index (κ2) is 11.1. The monoisotopic (exact) mass is 498 g/mol. The zero-order chi connectivity index (χ0) is 25.9. The van der Waals surface area contributed by atoms with Crippen LogP contribution in [0.25, 0.3) is 0 Å². The highest BCUT2D eigenvalue weighted by Gasteiger charge is 2.42. The van der Waals surface area contributed by atoms with Crippen LogP contribution in [0, 0.1) is 42.9 Å². The number of fused-ring (bicyclic) bond motifs is 1. The van der Waals surface area contributed by atoms with Gasteiger partial charge in [-0.15, -0.1) is 0 Å². The average molecular weight is 499 g/mol. The Hall–Kier alpha value is -3.17. The molecule has 2 aromatic rings. The summed E-state index contributed by atoms with van der Waals surface area (Å²) in [6, 6.07) is 16.2. The van der Waals surface area contributed by atoms with Gasteiger partial charge in [-0.2, -0.15) is 5.26 Å². The number of carbonyl (C=O) groups excluding carboxylic acids is 2. The van der Waals surface area contributed by atoms with E-state index in [4.69, 9.17) is 0 Å². The third kappa shape index (κ3) is 5.57. The van der Waals surface area contributed by atoms with Crippen LogP contribution in [0.1, 0.15) is 70.8 Å². The topological polar surface area (TPSA) is 76.4 Å². The molecule has 2 saturated heterocycles. The molecule has 194 valence electrons. The van der Waals surface area contributed by atoms with Gasteiger partial charge in [0.05, 0.1) is 17.7 Å². The molecule has 6 heteroatoms. The Labute approximate surface area is 220 Å². The predicted octanol–water partition coefficient (Wildman–Crippen LogP) is 4.62. The van der Waals surface area contributed by atoms with Crippen LogP contribution in [-0.4, -0.2) is 54.3 Å². The van der Waals surface area contributed by atoms with Crippen molar-refractivity contribution in [1.82, 2.24) is 15.1 Å². The maximum Gasteiger partial charge on any atom is 0.254 e. The summed E-state index contributed by atoms with van der Waals surface area (Å²) in [5.41, 5.74) is 4.30. The van der Waals surface area contributed by atoms with Crippen molar-refractivity contribution in [2.45, 2.75) is 52.0 Å². The number of likely N-dealkylation sites (tertiary alicyclic amines) is 2. The lowest BCUT2D eigenvalue weighted by atomic mass is 9.98. The van der Waals surface area contributed by atoms with Crippen LogP contribution in [0.5, 0.6) is 0 Å². The zero-order valence-corrected chi connectivity index (χ0v) is 22.1. The van der Waals surface area contributed by atoms with Crippen LogP contribution in [0.15, 0.2) is 42.5 Å². The summed E-state index contributed by atoms with van der Waals surface area (Å²) in [6.07, 6.45) is 5.25. The summed E-state index contributed by atoms with van der Waals surface area (Å²) in [7, 11) is 0. The van der Waals surface area contributed by atoms with Crippen molar-refractivity contribution in [3.8, 4) is 6.07 Å². The van der Waals surface area contributed by atoms with Gasteiger partial charge in [-0.25, -0.2) is 0 Å². The number of amides is 2. The maximum atomic E-state index is 13.4. The zero-order valence-electron chi connectivity index (χ0n) is 22.1. The lowest BCUT2D eigenvalue weighted by Gasteiger charge is -2.26. The van der Waals surface area contributed by atoms with E-state index in [1.54, 1.807) is 0 Å². The molecule has 3 aliphatic rings. The summed E-state index contributed by atoms with van der Waals surface area (Å²) >= 11 is 0. The third-order valence-corrected chi connectivity index (χ3v) is 8.70. The molecule has 2 aliphatic heterocycles. The molecule has 3 fully saturated rings. The van der Waals surface area contributed by atoms with Crippen molar-refractivity contribution < 1.29 is 9.59 Å². The standard InChI is InChI=1S/C31H38N4O2/c1-21-14-23(16-32)15-22(2)29(21)31(37)35-19-26-17-34(18-27(26)20-35)13-12-28(24-8-4-3-5-9-24)33-30(36)25-10-6-7-11-25/h3-5,8-9,14-15,25-28H,6-7,10-13,17-20H2,1-2H3,(H,33,36)/t26?,27?,28-/m0/s1. The molecule has 0 bridgehead atoms. The molecule has 6 nitrogen and oxygen atoms in total. The minimum Gasteiger partial charge on any atom is -0.349 e. The minimum atomic E-state index is 0.0372. The Morgan fingerprint density at radius 2 is 1.62 bits per heavy atom. The molecular weight excluding hydrogens is 460 g/mol. The van der Waals surface area contributed by atoms with Crippen molar-refractivity contribution in [1.29, 1.82) is 5.26 Å². The number of hydrogen-bond acceptors (Lipinski definition) is 4. The number of benzene rings is 2.